The molecule has 1 aromatic carbocycles. The number of nitrogens with zero attached hydrogens (tertiary/aromatic N) is 3. The number of nitrogens with two attached hydrogens (primary N) is 1. The lowest BCUT2D eigenvalue weighted by atomic mass is 9.57. The Morgan fingerprint density at radius 2 is 1.69 bits per heavy atom. The van der Waals surface area contributed by atoms with E-state index in [-0.39, 0.29) is 18.4 Å². The molecule has 6 aliphatic rings. The summed E-state index contributed by atoms with van der Waals surface area (Å²) in [6, 6.07) is 7.36. The molecular weight excluding hydrogens is 667 g/mol. The lowest BCUT2D eigenvalue weighted by Crippen LogP contribution is -2.70. The fourth-order valence-corrected chi connectivity index (χ4v) is 9.61. The van der Waals surface area contributed by atoms with Crippen molar-refractivity contribution >= 4 is 34.9 Å². The van der Waals surface area contributed by atoms with Crippen LogP contribution in [0.2, 0.25) is 0 Å². The smallest absolute Gasteiger partial charge is 0.323 e. The SMILES string of the molecule is C[C@H]1[C@@H](CCCN2CCN(CCOC(=O)[C@H](N)Cc3ccc(N(CCCl)CCCl)cc3)CC2)O[C@@H]2OC3(C)CCC4[C@H](C)CC[C@@H]1C42OO3. The summed E-state index contributed by atoms with van der Waals surface area (Å²) in [6.45, 7) is 14.3. The van der Waals surface area contributed by atoms with Gasteiger partial charge in [0, 0.05) is 75.6 Å². The average Bonchev–Trinajstić information content (AvgIpc) is 3.33. The molecule has 1 saturated carbocycles. The second kappa shape index (κ2) is 16.6. The van der Waals surface area contributed by atoms with Crippen molar-refractivity contribution in [3.8, 4) is 0 Å². The Bertz CT molecular complexity index is 1220. The molecule has 49 heavy (non-hydrogen) atoms. The van der Waals surface area contributed by atoms with Gasteiger partial charge in [-0.15, -0.1) is 23.2 Å². The molecule has 2 N–H and O–H groups in total. The van der Waals surface area contributed by atoms with Crippen molar-refractivity contribution in [3.63, 3.8) is 0 Å². The van der Waals surface area contributed by atoms with Crippen LogP contribution in [0.25, 0.3) is 0 Å². The first-order chi connectivity index (χ1) is 23.7. The Labute approximate surface area is 303 Å². The van der Waals surface area contributed by atoms with Crippen LogP contribution >= 0.6 is 23.2 Å². The van der Waals surface area contributed by atoms with Gasteiger partial charge in [0.2, 0.25) is 5.79 Å². The molecule has 0 radical (unpaired) electrons. The van der Waals surface area contributed by atoms with E-state index in [1.807, 2.05) is 31.2 Å². The molecule has 2 bridgehead atoms. The van der Waals surface area contributed by atoms with Gasteiger partial charge in [-0.25, -0.2) is 9.78 Å². The van der Waals surface area contributed by atoms with E-state index in [0.717, 1.165) is 95.7 Å². The molecule has 1 aromatic rings. The van der Waals surface area contributed by atoms with Gasteiger partial charge in [-0.1, -0.05) is 26.0 Å². The van der Waals surface area contributed by atoms with Crippen LogP contribution in [0.1, 0.15) is 64.9 Å². The third-order valence-corrected chi connectivity index (χ3v) is 12.5. The van der Waals surface area contributed by atoms with Gasteiger partial charge in [-0.3, -0.25) is 9.69 Å². The molecule has 1 aliphatic carbocycles. The van der Waals surface area contributed by atoms with E-state index < -0.39 is 17.4 Å². The van der Waals surface area contributed by atoms with Crippen LogP contribution in [0.5, 0.6) is 0 Å². The molecule has 1 spiro atoms. The van der Waals surface area contributed by atoms with Crippen molar-refractivity contribution < 1.29 is 28.8 Å². The molecule has 3 unspecified atom stereocenters. The van der Waals surface area contributed by atoms with E-state index in [9.17, 15) is 4.79 Å². The molecule has 5 heterocycles. The summed E-state index contributed by atoms with van der Waals surface area (Å²) in [6.07, 6.45) is 6.63. The number of benzene rings is 1. The molecule has 7 rings (SSSR count). The Morgan fingerprint density at radius 1 is 1.00 bits per heavy atom. The average molecular weight is 726 g/mol. The van der Waals surface area contributed by atoms with Crippen LogP contribution in [0.4, 0.5) is 5.69 Å². The molecule has 6 fully saturated rings. The highest BCUT2D eigenvalue weighted by Gasteiger charge is 2.69. The lowest BCUT2D eigenvalue weighted by Gasteiger charge is -2.60. The van der Waals surface area contributed by atoms with Gasteiger partial charge in [-0.05, 0) is 87.4 Å². The number of alkyl halides is 2. The molecular formula is C37H58Cl2N4O6. The second-order valence-electron chi connectivity index (χ2n) is 15.3. The van der Waals surface area contributed by atoms with Crippen molar-refractivity contribution in [2.24, 2.45) is 29.4 Å². The second-order valence-corrected chi connectivity index (χ2v) is 16.0. The molecule has 10 nitrogen and oxygen atoms in total. The molecule has 5 aliphatic heterocycles. The van der Waals surface area contributed by atoms with Crippen molar-refractivity contribution in [1.29, 1.82) is 0 Å². The van der Waals surface area contributed by atoms with Crippen LogP contribution in [-0.2, 0) is 35.2 Å². The Hall–Kier alpha value is -1.21. The first-order valence-corrected chi connectivity index (χ1v) is 19.8. The van der Waals surface area contributed by atoms with E-state index >= 15 is 0 Å². The summed E-state index contributed by atoms with van der Waals surface area (Å²) in [5, 5.41) is 0. The summed E-state index contributed by atoms with van der Waals surface area (Å²) in [7, 11) is 0. The number of carbonyl (C=O) groups is 1. The number of ether oxygens (including phenoxy) is 3. The summed E-state index contributed by atoms with van der Waals surface area (Å²) in [5.41, 5.74) is 7.78. The van der Waals surface area contributed by atoms with Crippen LogP contribution < -0.4 is 10.6 Å². The Balaban J connectivity index is 0.882. The third kappa shape index (κ3) is 8.39. The van der Waals surface area contributed by atoms with E-state index in [1.165, 1.54) is 6.42 Å². The van der Waals surface area contributed by atoms with Crippen LogP contribution in [-0.4, -0.2) is 116 Å². The van der Waals surface area contributed by atoms with Gasteiger partial charge < -0.3 is 29.7 Å². The summed E-state index contributed by atoms with van der Waals surface area (Å²) in [4.78, 5) is 32.0. The number of fused-ring (bicyclic) bond motifs is 2. The van der Waals surface area contributed by atoms with Crippen molar-refractivity contribution in [2.45, 2.75) is 95.5 Å². The third-order valence-electron chi connectivity index (χ3n) is 12.1. The lowest BCUT2D eigenvalue weighted by molar-refractivity contribution is -0.571. The van der Waals surface area contributed by atoms with Crippen molar-refractivity contribution in [3.05, 3.63) is 29.8 Å². The minimum atomic E-state index is -0.724. The first kappa shape index (κ1) is 37.5. The van der Waals surface area contributed by atoms with Crippen molar-refractivity contribution in [2.75, 3.05) is 75.6 Å². The fraction of sp³-hybridized carbons (Fsp3) is 0.811. The van der Waals surface area contributed by atoms with E-state index in [2.05, 4.69) is 28.5 Å². The zero-order chi connectivity index (χ0) is 34.6. The number of halogens is 2. The summed E-state index contributed by atoms with van der Waals surface area (Å²) < 4.78 is 18.9. The molecule has 5 saturated heterocycles. The minimum Gasteiger partial charge on any atom is -0.463 e. The molecule has 0 aromatic heterocycles. The van der Waals surface area contributed by atoms with Gasteiger partial charge in [0.1, 0.15) is 12.6 Å². The summed E-state index contributed by atoms with van der Waals surface area (Å²) in [5.74, 6) is 1.76. The number of hydrogen-bond acceptors (Lipinski definition) is 10. The summed E-state index contributed by atoms with van der Waals surface area (Å²) >= 11 is 11.9. The van der Waals surface area contributed by atoms with Crippen LogP contribution in [0, 0.1) is 23.7 Å². The maximum absolute atomic E-state index is 12.6. The van der Waals surface area contributed by atoms with Gasteiger partial charge >= 0.3 is 5.97 Å². The Kier molecular flexibility index (Phi) is 12.7. The van der Waals surface area contributed by atoms with Gasteiger partial charge in [0.25, 0.3) is 0 Å². The molecule has 276 valence electrons. The number of piperazine rings is 1. The number of hydrogen-bond donors (Lipinski definition) is 1. The highest BCUT2D eigenvalue weighted by Crippen LogP contribution is 2.60. The predicted molar refractivity (Wildman–Crippen MR) is 192 cm³/mol. The molecule has 12 heteroatoms. The Morgan fingerprint density at radius 3 is 2.39 bits per heavy atom. The van der Waals surface area contributed by atoms with Crippen LogP contribution in [0.3, 0.4) is 0 Å². The predicted octanol–water partition coefficient (Wildman–Crippen LogP) is 5.03. The number of rotatable bonds is 15. The minimum absolute atomic E-state index is 0.162. The molecule has 9 atom stereocenters. The van der Waals surface area contributed by atoms with Gasteiger partial charge in [0.05, 0.1) is 6.10 Å². The highest BCUT2D eigenvalue weighted by molar-refractivity contribution is 6.18. The highest BCUT2D eigenvalue weighted by atomic mass is 35.5. The van der Waals surface area contributed by atoms with Crippen LogP contribution in [0.15, 0.2) is 24.3 Å². The molecule has 0 amide bonds. The fourth-order valence-electron chi connectivity index (χ4n) is 9.20. The monoisotopic (exact) mass is 724 g/mol. The van der Waals surface area contributed by atoms with Crippen molar-refractivity contribution in [1.82, 2.24) is 9.80 Å². The standard InChI is InChI=1S/C37H58Cl2N4O6/c1-26-6-11-31-27(2)33(46-35-37(31)30(26)12-13-36(3,47-35)48-49-37)5-4-16-41-19-21-42(22-20-41)23-24-45-34(44)32(40)25-28-7-9-29(10-8-28)43(17-14-38)18-15-39/h7-10,26-27,30-33,35H,4-6,11-25,40H2,1-3H3/t26-,27-,30?,31+,32-,33-,35-,36?,37?/m1/s1. The largest absolute Gasteiger partial charge is 0.463 e. The van der Waals surface area contributed by atoms with E-state index in [1.54, 1.807) is 0 Å². The zero-order valence-electron chi connectivity index (χ0n) is 29.7. The first-order valence-electron chi connectivity index (χ1n) is 18.7. The maximum atomic E-state index is 12.6. The van der Waals surface area contributed by atoms with E-state index in [0.29, 0.717) is 48.5 Å². The number of carbonyl (C=O) groups excluding carboxylic acids is 1. The normalized spacial score (nSPS) is 35.4. The number of esters is 1. The zero-order valence-corrected chi connectivity index (χ0v) is 31.2. The van der Waals surface area contributed by atoms with Gasteiger partial charge in [0.15, 0.2) is 11.9 Å². The quantitative estimate of drug-likeness (QED) is 0.151. The van der Waals surface area contributed by atoms with E-state index in [4.69, 9.17) is 52.9 Å². The maximum Gasteiger partial charge on any atom is 0.323 e. The number of anilines is 1. The topological polar surface area (TPSA) is 99.0 Å². The van der Waals surface area contributed by atoms with Gasteiger partial charge in [-0.2, -0.15) is 0 Å².